The van der Waals surface area contributed by atoms with Gasteiger partial charge in [0.25, 0.3) is 10.2 Å². The zero-order valence-corrected chi connectivity index (χ0v) is 13.5. The van der Waals surface area contributed by atoms with Gasteiger partial charge in [0.05, 0.1) is 0 Å². The summed E-state index contributed by atoms with van der Waals surface area (Å²) in [6.45, 7) is 8.23. The van der Waals surface area contributed by atoms with Crippen molar-refractivity contribution < 1.29 is 8.42 Å². The molecule has 0 aromatic rings. The fourth-order valence-electron chi connectivity index (χ4n) is 1.60. The van der Waals surface area contributed by atoms with Crippen molar-refractivity contribution in [1.29, 1.82) is 0 Å². The SMILES string of the molecule is CC(C)C(C)CNS(=O)(=O)N(C)CCCNC1CC1. The quantitative estimate of drug-likeness (QED) is 0.594. The first-order chi connectivity index (χ1) is 8.83. The Morgan fingerprint density at radius 1 is 1.26 bits per heavy atom. The molecular weight excluding hydrogens is 262 g/mol. The van der Waals surface area contributed by atoms with Gasteiger partial charge in [0.15, 0.2) is 0 Å². The molecule has 1 unspecified atom stereocenters. The van der Waals surface area contributed by atoms with Crippen molar-refractivity contribution in [1.82, 2.24) is 14.3 Å². The largest absolute Gasteiger partial charge is 0.314 e. The van der Waals surface area contributed by atoms with E-state index in [2.05, 4.69) is 30.8 Å². The minimum absolute atomic E-state index is 0.347. The highest BCUT2D eigenvalue weighted by Crippen LogP contribution is 2.18. The summed E-state index contributed by atoms with van der Waals surface area (Å²) in [6, 6.07) is 0.687. The third kappa shape index (κ3) is 6.70. The second-order valence-corrected chi connectivity index (χ2v) is 7.84. The van der Waals surface area contributed by atoms with Crippen LogP contribution in [-0.2, 0) is 10.2 Å². The van der Waals surface area contributed by atoms with Crippen molar-refractivity contribution in [2.45, 2.75) is 46.1 Å². The molecule has 0 heterocycles. The van der Waals surface area contributed by atoms with Crippen molar-refractivity contribution in [2.24, 2.45) is 11.8 Å². The Hall–Kier alpha value is -0.170. The number of rotatable bonds is 10. The van der Waals surface area contributed by atoms with Crippen molar-refractivity contribution in [3.63, 3.8) is 0 Å². The van der Waals surface area contributed by atoms with Gasteiger partial charge in [0.2, 0.25) is 0 Å². The fourth-order valence-corrected chi connectivity index (χ4v) is 2.66. The van der Waals surface area contributed by atoms with Crippen LogP contribution in [0.3, 0.4) is 0 Å². The van der Waals surface area contributed by atoms with Crippen LogP contribution in [0.5, 0.6) is 0 Å². The summed E-state index contributed by atoms with van der Waals surface area (Å²) >= 11 is 0. The molecular formula is C13H29N3O2S. The summed E-state index contributed by atoms with van der Waals surface area (Å²) < 4.78 is 28.1. The van der Waals surface area contributed by atoms with Crippen LogP contribution in [-0.4, -0.2) is 45.4 Å². The van der Waals surface area contributed by atoms with Gasteiger partial charge in [-0.15, -0.1) is 0 Å². The molecule has 1 fully saturated rings. The molecule has 0 radical (unpaired) electrons. The monoisotopic (exact) mass is 291 g/mol. The van der Waals surface area contributed by atoms with Crippen LogP contribution >= 0.6 is 0 Å². The Bertz CT molecular complexity index is 353. The van der Waals surface area contributed by atoms with Gasteiger partial charge in [-0.2, -0.15) is 12.7 Å². The molecule has 1 atom stereocenters. The van der Waals surface area contributed by atoms with Crippen LogP contribution in [0.1, 0.15) is 40.0 Å². The fraction of sp³-hybridized carbons (Fsp3) is 1.00. The van der Waals surface area contributed by atoms with E-state index in [0.717, 1.165) is 13.0 Å². The van der Waals surface area contributed by atoms with E-state index in [1.54, 1.807) is 7.05 Å². The molecule has 1 aliphatic rings. The molecule has 5 nitrogen and oxygen atoms in total. The molecule has 19 heavy (non-hydrogen) atoms. The molecule has 0 saturated heterocycles. The zero-order valence-electron chi connectivity index (χ0n) is 12.6. The summed E-state index contributed by atoms with van der Waals surface area (Å²) in [7, 11) is -1.68. The van der Waals surface area contributed by atoms with Gasteiger partial charge in [-0.1, -0.05) is 20.8 Å². The van der Waals surface area contributed by atoms with Gasteiger partial charge >= 0.3 is 0 Å². The third-order valence-corrected chi connectivity index (χ3v) is 5.33. The van der Waals surface area contributed by atoms with Gasteiger partial charge in [0, 0.05) is 26.2 Å². The van der Waals surface area contributed by atoms with Crippen molar-refractivity contribution >= 4 is 10.2 Å². The van der Waals surface area contributed by atoms with Gasteiger partial charge in [-0.3, -0.25) is 0 Å². The van der Waals surface area contributed by atoms with E-state index in [-0.39, 0.29) is 0 Å². The number of nitrogens with one attached hydrogen (secondary N) is 2. The van der Waals surface area contributed by atoms with Crippen LogP contribution in [0.4, 0.5) is 0 Å². The normalized spacial score (nSPS) is 18.2. The Balaban J connectivity index is 2.21. The Morgan fingerprint density at radius 2 is 1.89 bits per heavy atom. The minimum Gasteiger partial charge on any atom is -0.314 e. The first-order valence-corrected chi connectivity index (χ1v) is 8.71. The predicted octanol–water partition coefficient (Wildman–Crippen LogP) is 1.19. The Morgan fingerprint density at radius 3 is 2.42 bits per heavy atom. The maximum absolute atomic E-state index is 12.0. The lowest BCUT2D eigenvalue weighted by Crippen LogP contribution is -2.41. The summed E-state index contributed by atoms with van der Waals surface area (Å²) in [5, 5.41) is 3.39. The van der Waals surface area contributed by atoms with Crippen LogP contribution in [0.25, 0.3) is 0 Å². The molecule has 0 amide bonds. The average molecular weight is 291 g/mol. The number of hydrogen-bond acceptors (Lipinski definition) is 3. The summed E-state index contributed by atoms with van der Waals surface area (Å²) in [4.78, 5) is 0. The molecule has 2 N–H and O–H groups in total. The van der Waals surface area contributed by atoms with E-state index >= 15 is 0 Å². The van der Waals surface area contributed by atoms with Crippen LogP contribution in [0.2, 0.25) is 0 Å². The van der Waals surface area contributed by atoms with E-state index in [9.17, 15) is 8.42 Å². The highest BCUT2D eigenvalue weighted by Gasteiger charge is 2.21. The highest BCUT2D eigenvalue weighted by molar-refractivity contribution is 7.87. The number of hydrogen-bond donors (Lipinski definition) is 2. The van der Waals surface area contributed by atoms with Crippen LogP contribution in [0.15, 0.2) is 0 Å². The lowest BCUT2D eigenvalue weighted by atomic mass is 9.99. The molecule has 0 aromatic carbocycles. The molecule has 1 aliphatic carbocycles. The van der Waals surface area contributed by atoms with E-state index in [0.29, 0.717) is 31.0 Å². The van der Waals surface area contributed by atoms with Gasteiger partial charge in [0.1, 0.15) is 0 Å². The van der Waals surface area contributed by atoms with E-state index in [1.165, 1.54) is 17.1 Å². The maximum atomic E-state index is 12.0. The van der Waals surface area contributed by atoms with Crippen LogP contribution < -0.4 is 10.0 Å². The van der Waals surface area contributed by atoms with E-state index in [1.807, 2.05) is 0 Å². The molecule has 0 aliphatic heterocycles. The summed E-state index contributed by atoms with van der Waals surface area (Å²) in [5.41, 5.74) is 0. The van der Waals surface area contributed by atoms with Gasteiger partial charge < -0.3 is 5.32 Å². The van der Waals surface area contributed by atoms with Gasteiger partial charge in [-0.05, 0) is 37.6 Å². The molecule has 114 valence electrons. The second-order valence-electron chi connectivity index (χ2n) is 5.98. The van der Waals surface area contributed by atoms with E-state index < -0.39 is 10.2 Å². The smallest absolute Gasteiger partial charge is 0.279 e. The maximum Gasteiger partial charge on any atom is 0.279 e. The van der Waals surface area contributed by atoms with E-state index in [4.69, 9.17) is 0 Å². The summed E-state index contributed by atoms with van der Waals surface area (Å²) in [5.74, 6) is 0.829. The topological polar surface area (TPSA) is 61.4 Å². The van der Waals surface area contributed by atoms with Gasteiger partial charge in [-0.25, -0.2) is 4.72 Å². The zero-order chi connectivity index (χ0) is 14.5. The van der Waals surface area contributed by atoms with Crippen molar-refractivity contribution in [3.05, 3.63) is 0 Å². The predicted molar refractivity (Wildman–Crippen MR) is 79.2 cm³/mol. The lowest BCUT2D eigenvalue weighted by Gasteiger charge is -2.21. The van der Waals surface area contributed by atoms with Crippen molar-refractivity contribution in [2.75, 3.05) is 26.7 Å². The van der Waals surface area contributed by atoms with Crippen LogP contribution in [0, 0.1) is 11.8 Å². The Kier molecular flexibility index (Phi) is 6.73. The van der Waals surface area contributed by atoms with Crippen molar-refractivity contribution in [3.8, 4) is 0 Å². The molecule has 1 rings (SSSR count). The third-order valence-electron chi connectivity index (χ3n) is 3.80. The second kappa shape index (κ2) is 7.57. The minimum atomic E-state index is -3.32. The first-order valence-electron chi connectivity index (χ1n) is 7.27. The molecule has 1 saturated carbocycles. The first kappa shape index (κ1) is 16.9. The lowest BCUT2D eigenvalue weighted by molar-refractivity contribution is 0.398. The number of nitrogens with zero attached hydrogens (tertiary/aromatic N) is 1. The molecule has 0 bridgehead atoms. The molecule has 0 spiro atoms. The average Bonchev–Trinajstić information content (AvgIpc) is 3.15. The molecule has 6 heteroatoms. The Labute approximate surface area is 118 Å². The molecule has 0 aromatic heterocycles. The highest BCUT2D eigenvalue weighted by atomic mass is 32.2. The summed E-state index contributed by atoms with van der Waals surface area (Å²) in [6.07, 6.45) is 3.39. The standard InChI is InChI=1S/C13H29N3O2S/c1-11(2)12(3)10-15-19(17,18)16(4)9-5-8-14-13-6-7-13/h11-15H,5-10H2,1-4H3.